The molecule has 4 fully saturated rings. The second-order valence-corrected chi connectivity index (χ2v) is 8.74. The Labute approximate surface area is 143 Å². The molecule has 3 saturated heterocycles. The van der Waals surface area contributed by atoms with E-state index < -0.39 is 6.04 Å². The molecule has 4 aliphatic rings. The Balaban J connectivity index is 1.30. The number of hydrogen-bond donors (Lipinski definition) is 4. The molecule has 1 aliphatic carbocycles. The fourth-order valence-corrected chi connectivity index (χ4v) is 5.15. The summed E-state index contributed by atoms with van der Waals surface area (Å²) in [7, 11) is 2.18. The molecule has 1 amide bonds. The zero-order valence-electron chi connectivity index (χ0n) is 14.6. The third kappa shape index (κ3) is 2.97. The van der Waals surface area contributed by atoms with Gasteiger partial charge in [-0.3, -0.25) is 9.69 Å². The lowest BCUT2D eigenvalue weighted by Crippen LogP contribution is -2.66. The predicted molar refractivity (Wildman–Crippen MR) is 91.5 cm³/mol. The van der Waals surface area contributed by atoms with E-state index in [4.69, 9.17) is 10.8 Å². The maximum Gasteiger partial charge on any atom is 0.239 e. The van der Waals surface area contributed by atoms with Crippen molar-refractivity contribution in [1.82, 2.24) is 20.4 Å². The van der Waals surface area contributed by atoms with E-state index in [1.54, 1.807) is 0 Å². The van der Waals surface area contributed by atoms with Gasteiger partial charge in [-0.15, -0.1) is 0 Å². The van der Waals surface area contributed by atoms with Crippen molar-refractivity contribution in [2.75, 3.05) is 46.4 Å². The number of carbonyl (C=O) groups excluding carboxylic acids is 1. The van der Waals surface area contributed by atoms with E-state index in [9.17, 15) is 4.79 Å². The highest BCUT2D eigenvalue weighted by atomic mass is 16.3. The minimum atomic E-state index is -0.804. The summed E-state index contributed by atoms with van der Waals surface area (Å²) in [6, 6.07) is -0.0433. The number of carbonyl (C=O) groups is 1. The molecule has 0 aromatic rings. The van der Waals surface area contributed by atoms with Crippen LogP contribution in [0.25, 0.3) is 0 Å². The molecule has 1 saturated carbocycles. The molecular weight excluding hydrogens is 306 g/mol. The molecule has 0 aromatic carbocycles. The lowest BCUT2D eigenvalue weighted by Gasteiger charge is -2.47. The van der Waals surface area contributed by atoms with Crippen molar-refractivity contribution in [2.24, 2.45) is 11.1 Å². The van der Waals surface area contributed by atoms with Gasteiger partial charge in [-0.2, -0.15) is 0 Å². The van der Waals surface area contributed by atoms with Crippen LogP contribution in [0.15, 0.2) is 0 Å². The molecule has 4 rings (SSSR count). The Morgan fingerprint density at radius 2 is 2.12 bits per heavy atom. The fourth-order valence-electron chi connectivity index (χ4n) is 5.15. The molecule has 0 radical (unpaired) electrons. The maximum atomic E-state index is 12.0. The van der Waals surface area contributed by atoms with Gasteiger partial charge in [0.2, 0.25) is 5.91 Å². The van der Waals surface area contributed by atoms with Crippen LogP contribution >= 0.6 is 0 Å². The molecule has 7 heteroatoms. The van der Waals surface area contributed by atoms with Crippen LogP contribution in [0.3, 0.4) is 0 Å². The Morgan fingerprint density at radius 1 is 1.38 bits per heavy atom. The van der Waals surface area contributed by atoms with Crippen molar-refractivity contribution >= 4 is 5.91 Å². The normalized spacial score (nSPS) is 35.3. The number of hydrogen-bond acceptors (Lipinski definition) is 6. The van der Waals surface area contributed by atoms with Crippen molar-refractivity contribution < 1.29 is 9.90 Å². The summed E-state index contributed by atoms with van der Waals surface area (Å²) < 4.78 is 0. The van der Waals surface area contributed by atoms with E-state index >= 15 is 0 Å². The molecule has 0 aromatic heterocycles. The van der Waals surface area contributed by atoms with Crippen LogP contribution in [-0.2, 0) is 4.79 Å². The quantitative estimate of drug-likeness (QED) is 0.479. The van der Waals surface area contributed by atoms with Crippen LogP contribution in [0.1, 0.15) is 25.7 Å². The molecule has 136 valence electrons. The van der Waals surface area contributed by atoms with Crippen LogP contribution in [0.5, 0.6) is 0 Å². The summed E-state index contributed by atoms with van der Waals surface area (Å²) in [4.78, 5) is 16.9. The van der Waals surface area contributed by atoms with E-state index in [-0.39, 0.29) is 24.0 Å². The van der Waals surface area contributed by atoms with Gasteiger partial charge in [-0.25, -0.2) is 0 Å². The highest BCUT2D eigenvalue weighted by Gasteiger charge is 2.56. The smallest absolute Gasteiger partial charge is 0.239 e. The van der Waals surface area contributed by atoms with Crippen molar-refractivity contribution in [1.29, 1.82) is 0 Å². The van der Waals surface area contributed by atoms with Crippen molar-refractivity contribution in [2.45, 2.75) is 49.3 Å². The van der Waals surface area contributed by atoms with Gasteiger partial charge in [0, 0.05) is 55.8 Å². The molecule has 3 atom stereocenters. The second kappa shape index (κ2) is 5.92. The van der Waals surface area contributed by atoms with Crippen LogP contribution in [0.2, 0.25) is 0 Å². The third-order valence-electron chi connectivity index (χ3n) is 6.57. The topological polar surface area (TPSA) is 93.9 Å². The Hall–Kier alpha value is -0.730. The number of aliphatic hydroxyl groups is 1. The SMILES string of the molecule is CN1CC2(CCC(CN3C[C@H](NC(=O)[C@@H](N)CO)C4(CC4)C3)N2)C1. The highest BCUT2D eigenvalue weighted by molar-refractivity contribution is 5.82. The molecule has 7 nitrogen and oxygen atoms in total. The summed E-state index contributed by atoms with van der Waals surface area (Å²) in [6.07, 6.45) is 4.92. The first kappa shape index (κ1) is 16.7. The van der Waals surface area contributed by atoms with Gasteiger partial charge >= 0.3 is 0 Å². The zero-order chi connectivity index (χ0) is 16.9. The monoisotopic (exact) mass is 337 g/mol. The zero-order valence-corrected chi connectivity index (χ0v) is 14.6. The summed E-state index contributed by atoms with van der Waals surface area (Å²) in [5.74, 6) is -0.217. The Morgan fingerprint density at radius 3 is 2.75 bits per heavy atom. The van der Waals surface area contributed by atoms with Gasteiger partial charge in [0.25, 0.3) is 0 Å². The summed E-state index contributed by atoms with van der Waals surface area (Å²) >= 11 is 0. The molecule has 2 spiro atoms. The van der Waals surface area contributed by atoms with Gasteiger partial charge < -0.3 is 26.4 Å². The van der Waals surface area contributed by atoms with Crippen molar-refractivity contribution in [3.63, 3.8) is 0 Å². The third-order valence-corrected chi connectivity index (χ3v) is 6.57. The fraction of sp³-hybridized carbons (Fsp3) is 0.941. The molecule has 5 N–H and O–H groups in total. The van der Waals surface area contributed by atoms with E-state index in [0.717, 1.165) is 19.6 Å². The van der Waals surface area contributed by atoms with Crippen LogP contribution in [-0.4, -0.2) is 90.9 Å². The number of likely N-dealkylation sites (N-methyl/N-ethyl adjacent to an activating group) is 1. The molecular formula is C17H31N5O2. The van der Waals surface area contributed by atoms with Crippen molar-refractivity contribution in [3.05, 3.63) is 0 Å². The van der Waals surface area contributed by atoms with Gasteiger partial charge in [-0.1, -0.05) is 0 Å². The van der Waals surface area contributed by atoms with Crippen LogP contribution < -0.4 is 16.4 Å². The molecule has 24 heavy (non-hydrogen) atoms. The maximum absolute atomic E-state index is 12.0. The van der Waals surface area contributed by atoms with Crippen LogP contribution in [0.4, 0.5) is 0 Å². The molecule has 1 unspecified atom stereocenters. The second-order valence-electron chi connectivity index (χ2n) is 8.74. The number of rotatable bonds is 5. The largest absolute Gasteiger partial charge is 0.394 e. The highest BCUT2D eigenvalue weighted by Crippen LogP contribution is 2.53. The minimum absolute atomic E-state index is 0.188. The van der Waals surface area contributed by atoms with E-state index in [2.05, 4.69) is 27.5 Å². The number of likely N-dealkylation sites (tertiary alicyclic amines) is 2. The van der Waals surface area contributed by atoms with E-state index in [1.165, 1.54) is 38.8 Å². The Kier molecular flexibility index (Phi) is 4.12. The summed E-state index contributed by atoms with van der Waals surface area (Å²) in [5, 5.41) is 16.0. The first-order valence-corrected chi connectivity index (χ1v) is 9.29. The van der Waals surface area contributed by atoms with Gasteiger partial charge in [0.05, 0.1) is 6.61 Å². The molecule has 3 heterocycles. The lowest BCUT2D eigenvalue weighted by molar-refractivity contribution is -0.124. The number of aliphatic hydroxyl groups excluding tert-OH is 1. The van der Waals surface area contributed by atoms with Gasteiger partial charge in [0.15, 0.2) is 0 Å². The van der Waals surface area contributed by atoms with Crippen molar-refractivity contribution in [3.8, 4) is 0 Å². The van der Waals surface area contributed by atoms with E-state index in [0.29, 0.717) is 11.6 Å². The average molecular weight is 337 g/mol. The number of nitrogens with zero attached hydrogens (tertiary/aromatic N) is 2. The average Bonchev–Trinajstić information content (AvgIpc) is 3.06. The van der Waals surface area contributed by atoms with E-state index in [1.807, 2.05) is 0 Å². The van der Waals surface area contributed by atoms with Gasteiger partial charge in [-0.05, 0) is 32.7 Å². The molecule has 0 bridgehead atoms. The number of nitrogens with one attached hydrogen (secondary N) is 2. The first-order valence-electron chi connectivity index (χ1n) is 9.29. The Bertz CT molecular complexity index is 503. The van der Waals surface area contributed by atoms with Crippen LogP contribution in [0, 0.1) is 5.41 Å². The van der Waals surface area contributed by atoms with Gasteiger partial charge in [0.1, 0.15) is 6.04 Å². The summed E-state index contributed by atoms with van der Waals surface area (Å²) in [5.41, 5.74) is 6.28. The standard InChI is InChI=1S/C17H31N5O2/c1-21-10-17(11-21)3-2-12(20-17)6-22-7-14(16(9-22)4-5-16)19-15(24)13(18)8-23/h12-14,20,23H,2-11,18H2,1H3,(H,19,24)/t12?,13-,14-/m0/s1. The number of amides is 1. The summed E-state index contributed by atoms with van der Waals surface area (Å²) in [6.45, 7) is 5.12. The predicted octanol–water partition coefficient (Wildman–Crippen LogP) is -1.68. The molecule has 3 aliphatic heterocycles. The minimum Gasteiger partial charge on any atom is -0.394 e. The number of nitrogens with two attached hydrogens (primary N) is 1. The lowest BCUT2D eigenvalue weighted by atomic mass is 9.89. The first-order chi connectivity index (χ1) is 11.4.